The van der Waals surface area contributed by atoms with E-state index in [4.69, 9.17) is 4.74 Å². The average molecular weight is 341 g/mol. The van der Waals surface area contributed by atoms with E-state index >= 15 is 0 Å². The molecule has 0 spiro atoms. The molecular weight excluding hydrogens is 322 g/mol. The summed E-state index contributed by atoms with van der Waals surface area (Å²) >= 11 is 0. The van der Waals surface area contributed by atoms with Crippen LogP contribution in [0.1, 0.15) is 26.3 Å². The minimum absolute atomic E-state index is 0.255. The zero-order chi connectivity index (χ0) is 18.2. The van der Waals surface area contributed by atoms with Crippen molar-refractivity contribution < 1.29 is 23.9 Å². The molecule has 2 rings (SSSR count). The third-order valence-electron chi connectivity index (χ3n) is 3.62. The molecule has 2 aromatic carbocycles. The Hall–Kier alpha value is -3.15. The second kappa shape index (κ2) is 8.63. The highest BCUT2D eigenvalue weighted by Crippen LogP contribution is 2.09. The fourth-order valence-electron chi connectivity index (χ4n) is 2.33. The van der Waals surface area contributed by atoms with Gasteiger partial charge in [-0.1, -0.05) is 36.4 Å². The molecule has 6 nitrogen and oxygen atoms in total. The molecule has 0 aliphatic heterocycles. The summed E-state index contributed by atoms with van der Waals surface area (Å²) in [5.74, 6) is -1.55. The fraction of sp³-hybridized carbons (Fsp3) is 0.211. The van der Waals surface area contributed by atoms with Crippen molar-refractivity contribution in [2.45, 2.75) is 12.5 Å². The normalized spacial score (nSPS) is 11.3. The van der Waals surface area contributed by atoms with Crippen molar-refractivity contribution in [3.05, 3.63) is 71.3 Å². The maximum Gasteiger partial charge on any atom is 0.337 e. The van der Waals surface area contributed by atoms with Crippen LogP contribution in [0.15, 0.2) is 54.6 Å². The van der Waals surface area contributed by atoms with Crippen LogP contribution in [-0.2, 0) is 20.7 Å². The third kappa shape index (κ3) is 4.91. The molecule has 0 aromatic heterocycles. The number of hydrogen-bond donors (Lipinski definition) is 1. The lowest BCUT2D eigenvalue weighted by Crippen LogP contribution is -2.43. The molecule has 1 atom stereocenters. The number of carbonyl (C=O) groups excluding carboxylic acids is 3. The average Bonchev–Trinajstić information content (AvgIpc) is 2.67. The van der Waals surface area contributed by atoms with E-state index in [9.17, 15) is 14.4 Å². The van der Waals surface area contributed by atoms with Crippen LogP contribution in [0.25, 0.3) is 0 Å². The number of amides is 1. The van der Waals surface area contributed by atoms with Crippen LogP contribution in [0.2, 0.25) is 0 Å². The number of hydrogen-bond acceptors (Lipinski definition) is 5. The van der Waals surface area contributed by atoms with Crippen LogP contribution in [0, 0.1) is 0 Å². The summed E-state index contributed by atoms with van der Waals surface area (Å²) in [6.45, 7) is 0. The molecule has 2 aromatic rings. The van der Waals surface area contributed by atoms with Gasteiger partial charge in [0.2, 0.25) is 0 Å². The molecule has 0 aliphatic rings. The Morgan fingerprint density at radius 2 is 1.60 bits per heavy atom. The number of nitrogens with one attached hydrogen (secondary N) is 1. The fourth-order valence-corrected chi connectivity index (χ4v) is 2.33. The van der Waals surface area contributed by atoms with Crippen molar-refractivity contribution in [3.8, 4) is 0 Å². The summed E-state index contributed by atoms with van der Waals surface area (Å²) in [6.07, 6.45) is 0.302. The first kappa shape index (κ1) is 18.2. The van der Waals surface area contributed by atoms with E-state index in [2.05, 4.69) is 10.1 Å². The Morgan fingerprint density at radius 3 is 2.24 bits per heavy atom. The predicted molar refractivity (Wildman–Crippen MR) is 91.2 cm³/mol. The highest BCUT2D eigenvalue weighted by atomic mass is 16.5. The van der Waals surface area contributed by atoms with Gasteiger partial charge in [0.15, 0.2) is 0 Å². The molecule has 1 amide bonds. The summed E-state index contributed by atoms with van der Waals surface area (Å²) < 4.78 is 9.41. The van der Waals surface area contributed by atoms with Gasteiger partial charge in [0.1, 0.15) is 6.04 Å². The first-order valence-corrected chi connectivity index (χ1v) is 7.66. The first-order chi connectivity index (χ1) is 12.0. The Kier molecular flexibility index (Phi) is 6.28. The second-order valence-corrected chi connectivity index (χ2v) is 5.31. The van der Waals surface area contributed by atoms with Gasteiger partial charge in [0, 0.05) is 12.0 Å². The largest absolute Gasteiger partial charge is 0.467 e. The zero-order valence-corrected chi connectivity index (χ0v) is 14.0. The Bertz CT molecular complexity index is 757. The molecule has 0 saturated carbocycles. The lowest BCUT2D eigenvalue weighted by atomic mass is 10.0. The molecule has 0 saturated heterocycles. The molecule has 0 aliphatic carbocycles. The molecular formula is C19H19NO5. The van der Waals surface area contributed by atoms with E-state index in [1.54, 1.807) is 18.2 Å². The number of rotatable bonds is 6. The van der Waals surface area contributed by atoms with Crippen molar-refractivity contribution in [3.63, 3.8) is 0 Å². The van der Waals surface area contributed by atoms with E-state index in [0.29, 0.717) is 6.42 Å². The number of carbonyl (C=O) groups is 3. The Labute approximate surface area is 145 Å². The summed E-state index contributed by atoms with van der Waals surface area (Å²) in [7, 11) is 2.53. The lowest BCUT2D eigenvalue weighted by Gasteiger charge is -2.17. The summed E-state index contributed by atoms with van der Waals surface area (Å²) in [6, 6.07) is 14.6. The smallest absolute Gasteiger partial charge is 0.337 e. The van der Waals surface area contributed by atoms with Crippen molar-refractivity contribution in [1.82, 2.24) is 5.32 Å². The number of esters is 2. The summed E-state index contributed by atoms with van der Waals surface area (Å²) in [4.78, 5) is 36.0. The molecule has 0 unspecified atom stereocenters. The monoisotopic (exact) mass is 341 g/mol. The Morgan fingerprint density at radius 1 is 0.920 bits per heavy atom. The van der Waals surface area contributed by atoms with Gasteiger partial charge in [-0.2, -0.15) is 0 Å². The van der Waals surface area contributed by atoms with Crippen LogP contribution < -0.4 is 5.32 Å². The molecule has 6 heteroatoms. The summed E-state index contributed by atoms with van der Waals surface area (Å²) in [5, 5.41) is 2.65. The molecule has 0 fully saturated rings. The molecule has 1 N–H and O–H groups in total. The van der Waals surface area contributed by atoms with Gasteiger partial charge >= 0.3 is 11.9 Å². The number of benzene rings is 2. The van der Waals surface area contributed by atoms with Crippen molar-refractivity contribution in [1.29, 1.82) is 0 Å². The standard InChI is InChI=1S/C19H19NO5/c1-24-18(22)15-10-6-9-14(12-15)17(21)20-16(19(23)25-2)11-13-7-4-3-5-8-13/h3-10,12,16H,11H2,1-2H3,(H,20,21)/t16-/m1/s1. The van der Waals surface area contributed by atoms with E-state index < -0.39 is 23.9 Å². The van der Waals surface area contributed by atoms with Crippen LogP contribution >= 0.6 is 0 Å². The molecule has 25 heavy (non-hydrogen) atoms. The molecule has 0 bridgehead atoms. The van der Waals surface area contributed by atoms with Gasteiger partial charge in [-0.25, -0.2) is 9.59 Å². The van der Waals surface area contributed by atoms with Crippen molar-refractivity contribution in [2.24, 2.45) is 0 Å². The van der Waals surface area contributed by atoms with E-state index in [1.165, 1.54) is 20.3 Å². The quantitative estimate of drug-likeness (QED) is 0.813. The number of methoxy groups -OCH3 is 2. The van der Waals surface area contributed by atoms with Crippen LogP contribution in [0.5, 0.6) is 0 Å². The minimum Gasteiger partial charge on any atom is -0.467 e. The predicted octanol–water partition coefficient (Wildman–Crippen LogP) is 1.99. The Balaban J connectivity index is 2.16. The SMILES string of the molecule is COC(=O)c1cccc(C(=O)N[C@H](Cc2ccccc2)C(=O)OC)c1. The maximum absolute atomic E-state index is 12.5. The minimum atomic E-state index is -0.832. The third-order valence-corrected chi connectivity index (χ3v) is 3.62. The lowest BCUT2D eigenvalue weighted by molar-refractivity contribution is -0.142. The van der Waals surface area contributed by atoms with Crippen LogP contribution in [-0.4, -0.2) is 38.1 Å². The van der Waals surface area contributed by atoms with Gasteiger partial charge < -0.3 is 14.8 Å². The topological polar surface area (TPSA) is 81.7 Å². The van der Waals surface area contributed by atoms with Crippen LogP contribution in [0.3, 0.4) is 0 Å². The molecule has 130 valence electrons. The van der Waals surface area contributed by atoms with Gasteiger partial charge in [-0.15, -0.1) is 0 Å². The van der Waals surface area contributed by atoms with Crippen LogP contribution in [0.4, 0.5) is 0 Å². The van der Waals surface area contributed by atoms with Gasteiger partial charge in [0.05, 0.1) is 19.8 Å². The maximum atomic E-state index is 12.5. The van der Waals surface area contributed by atoms with Gasteiger partial charge in [0.25, 0.3) is 5.91 Å². The summed E-state index contributed by atoms with van der Waals surface area (Å²) in [5.41, 5.74) is 1.40. The molecule has 0 radical (unpaired) electrons. The van der Waals surface area contributed by atoms with Gasteiger partial charge in [-0.3, -0.25) is 4.79 Å². The number of ether oxygens (including phenoxy) is 2. The highest BCUT2D eigenvalue weighted by molar-refractivity contribution is 5.99. The zero-order valence-electron chi connectivity index (χ0n) is 14.0. The molecule has 0 heterocycles. The highest BCUT2D eigenvalue weighted by Gasteiger charge is 2.23. The van der Waals surface area contributed by atoms with E-state index in [-0.39, 0.29) is 11.1 Å². The second-order valence-electron chi connectivity index (χ2n) is 5.31. The van der Waals surface area contributed by atoms with Gasteiger partial charge in [-0.05, 0) is 23.8 Å². The van der Waals surface area contributed by atoms with Crippen molar-refractivity contribution >= 4 is 17.8 Å². The first-order valence-electron chi connectivity index (χ1n) is 7.66. The van der Waals surface area contributed by atoms with E-state index in [1.807, 2.05) is 30.3 Å². The van der Waals surface area contributed by atoms with Crippen molar-refractivity contribution in [2.75, 3.05) is 14.2 Å². The van der Waals surface area contributed by atoms with E-state index in [0.717, 1.165) is 5.56 Å².